The normalized spacial score (nSPS) is 14.3. The van der Waals surface area contributed by atoms with Crippen LogP contribution < -0.4 is 19.7 Å². The number of halogens is 2. The summed E-state index contributed by atoms with van der Waals surface area (Å²) in [5.74, 6) is -2.28. The largest absolute Gasteiger partial charge is 0.444 e. The highest BCUT2D eigenvalue weighted by molar-refractivity contribution is 9.11. The van der Waals surface area contributed by atoms with E-state index in [0.29, 0.717) is 10.0 Å². The Morgan fingerprint density at radius 2 is 1.55 bits per heavy atom. The number of carbonyl (C=O) groups excluding carboxylic acids is 4. The van der Waals surface area contributed by atoms with Gasteiger partial charge in [-0.2, -0.15) is 5.01 Å². The van der Waals surface area contributed by atoms with Crippen LogP contribution in [0.3, 0.4) is 0 Å². The minimum atomic E-state index is -1.21. The molecule has 4 rings (SSSR count). The van der Waals surface area contributed by atoms with Crippen molar-refractivity contribution < 1.29 is 33.4 Å². The van der Waals surface area contributed by atoms with Gasteiger partial charge in [0.2, 0.25) is 18.0 Å². The number of ether oxygens (including phenoxy) is 3. The highest BCUT2D eigenvalue weighted by Crippen LogP contribution is 2.44. The van der Waals surface area contributed by atoms with Gasteiger partial charge in [0.05, 0.1) is 15.7 Å². The molecule has 1 aliphatic heterocycles. The lowest BCUT2D eigenvalue weighted by molar-refractivity contribution is -0.134. The maximum Gasteiger partial charge on any atom is 0.308 e. The van der Waals surface area contributed by atoms with Crippen LogP contribution in [-0.2, 0) is 19.1 Å². The second kappa shape index (κ2) is 13.9. The van der Waals surface area contributed by atoms with E-state index in [9.17, 15) is 19.2 Å². The van der Waals surface area contributed by atoms with E-state index in [1.165, 1.54) is 26.8 Å². The van der Waals surface area contributed by atoms with E-state index in [1.54, 1.807) is 36.4 Å². The first-order chi connectivity index (χ1) is 20.8. The number of anilines is 1. The standard InChI is InChI=1S/C31H28Br2N4O7/c1-17(38)37-31(44-30(35-37)23-16-24(32)28(43-19(3)40)26(33)27(23)42-18(2)39)25(34-29(41)21-9-7-6-8-10-21)15-20-11-13-22(14-12-20)36(4)5/h6-16,31H,1-5H3,(H,34,41)/b25-15-/t31-/m0/s1. The zero-order chi connectivity index (χ0) is 32.1. The van der Waals surface area contributed by atoms with E-state index in [2.05, 4.69) is 42.3 Å². The fourth-order valence-corrected chi connectivity index (χ4v) is 5.47. The smallest absolute Gasteiger partial charge is 0.308 e. The maximum absolute atomic E-state index is 13.3. The van der Waals surface area contributed by atoms with Crippen LogP contribution in [0.25, 0.3) is 6.08 Å². The molecular formula is C31H28Br2N4O7. The van der Waals surface area contributed by atoms with Gasteiger partial charge >= 0.3 is 11.9 Å². The van der Waals surface area contributed by atoms with Crippen LogP contribution in [0.5, 0.6) is 11.5 Å². The van der Waals surface area contributed by atoms with Crippen LogP contribution in [0.2, 0.25) is 0 Å². The molecule has 0 fully saturated rings. The molecule has 228 valence electrons. The molecule has 0 unspecified atom stereocenters. The average molecular weight is 728 g/mol. The van der Waals surface area contributed by atoms with Crippen LogP contribution in [0.1, 0.15) is 42.3 Å². The van der Waals surface area contributed by atoms with Gasteiger partial charge in [-0.3, -0.25) is 19.2 Å². The van der Waals surface area contributed by atoms with E-state index in [0.717, 1.165) is 16.3 Å². The van der Waals surface area contributed by atoms with Gasteiger partial charge in [-0.15, -0.1) is 5.10 Å². The first-order valence-corrected chi connectivity index (χ1v) is 14.7. The molecule has 2 amide bonds. The van der Waals surface area contributed by atoms with Gasteiger partial charge < -0.3 is 24.4 Å². The van der Waals surface area contributed by atoms with Gasteiger partial charge in [0.25, 0.3) is 5.91 Å². The lowest BCUT2D eigenvalue weighted by atomic mass is 10.1. The molecule has 3 aromatic carbocycles. The monoisotopic (exact) mass is 726 g/mol. The molecule has 13 heteroatoms. The summed E-state index contributed by atoms with van der Waals surface area (Å²) < 4.78 is 17.4. The third kappa shape index (κ3) is 7.53. The van der Waals surface area contributed by atoms with Crippen molar-refractivity contribution in [2.75, 3.05) is 19.0 Å². The molecule has 11 nitrogen and oxygen atoms in total. The Kier molecular flexibility index (Phi) is 10.2. The van der Waals surface area contributed by atoms with Crippen LogP contribution in [0.15, 0.2) is 80.4 Å². The van der Waals surface area contributed by atoms with Crippen molar-refractivity contribution in [2.45, 2.75) is 27.0 Å². The number of esters is 2. The number of hydrogen-bond donors (Lipinski definition) is 1. The van der Waals surface area contributed by atoms with Crippen molar-refractivity contribution in [1.82, 2.24) is 10.3 Å². The third-order valence-corrected chi connectivity index (χ3v) is 7.42. The Hall–Kier alpha value is -4.49. The second-order valence-corrected chi connectivity index (χ2v) is 11.4. The Morgan fingerprint density at radius 1 is 0.932 bits per heavy atom. The predicted octanol–water partition coefficient (Wildman–Crippen LogP) is 5.47. The number of nitrogens with one attached hydrogen (secondary N) is 1. The molecule has 1 N–H and O–H groups in total. The van der Waals surface area contributed by atoms with Crippen molar-refractivity contribution in [3.63, 3.8) is 0 Å². The summed E-state index contributed by atoms with van der Waals surface area (Å²) >= 11 is 6.72. The zero-order valence-electron chi connectivity index (χ0n) is 24.4. The molecule has 0 saturated heterocycles. The minimum absolute atomic E-state index is 0.0574. The van der Waals surface area contributed by atoms with E-state index in [1.807, 2.05) is 43.3 Å². The quantitative estimate of drug-likeness (QED) is 0.239. The minimum Gasteiger partial charge on any atom is -0.444 e. The number of hydrazone groups is 1. The van der Waals surface area contributed by atoms with Gasteiger partial charge in [-0.05, 0) is 73.8 Å². The highest BCUT2D eigenvalue weighted by atomic mass is 79.9. The first-order valence-electron chi connectivity index (χ1n) is 13.1. The third-order valence-electron chi connectivity index (χ3n) is 6.11. The molecule has 1 aliphatic rings. The Morgan fingerprint density at radius 3 is 2.11 bits per heavy atom. The number of amides is 2. The van der Waals surface area contributed by atoms with Crippen LogP contribution in [0, 0.1) is 0 Å². The molecule has 1 atom stereocenters. The molecule has 0 bridgehead atoms. The number of nitrogens with zero attached hydrogens (tertiary/aromatic N) is 3. The lowest BCUT2D eigenvalue weighted by Gasteiger charge is -2.23. The van der Waals surface area contributed by atoms with Crippen molar-refractivity contribution in [3.8, 4) is 11.5 Å². The highest BCUT2D eigenvalue weighted by Gasteiger charge is 2.38. The second-order valence-electron chi connectivity index (χ2n) is 9.71. The van der Waals surface area contributed by atoms with Crippen molar-refractivity contribution in [1.29, 1.82) is 0 Å². The van der Waals surface area contributed by atoms with Crippen molar-refractivity contribution in [3.05, 3.63) is 92.0 Å². The fraction of sp³-hybridized carbons (Fsp3) is 0.194. The van der Waals surface area contributed by atoms with Gasteiger partial charge in [-0.25, -0.2) is 0 Å². The van der Waals surface area contributed by atoms with E-state index >= 15 is 0 Å². The molecule has 44 heavy (non-hydrogen) atoms. The summed E-state index contributed by atoms with van der Waals surface area (Å²) in [6, 6.07) is 17.6. The Balaban J connectivity index is 1.81. The number of hydrogen-bond acceptors (Lipinski definition) is 9. The molecule has 3 aromatic rings. The van der Waals surface area contributed by atoms with E-state index in [-0.39, 0.29) is 33.1 Å². The number of rotatable bonds is 8. The molecule has 0 aliphatic carbocycles. The summed E-state index contributed by atoms with van der Waals surface area (Å²) in [6.45, 7) is 3.73. The lowest BCUT2D eigenvalue weighted by Crippen LogP contribution is -2.40. The van der Waals surface area contributed by atoms with Gasteiger partial charge in [0.1, 0.15) is 4.47 Å². The molecule has 0 radical (unpaired) electrons. The summed E-state index contributed by atoms with van der Waals surface area (Å²) in [5.41, 5.74) is 2.45. The first kappa shape index (κ1) is 32.4. The number of carbonyl (C=O) groups is 4. The number of benzene rings is 3. The van der Waals surface area contributed by atoms with Crippen molar-refractivity contribution >= 4 is 73.3 Å². The van der Waals surface area contributed by atoms with Crippen molar-refractivity contribution in [2.24, 2.45) is 5.10 Å². The summed E-state index contributed by atoms with van der Waals surface area (Å²) in [6.07, 6.45) is 0.474. The molecular weight excluding hydrogens is 700 g/mol. The Bertz CT molecular complexity index is 1670. The molecule has 0 aromatic heterocycles. The Labute approximate surface area is 270 Å². The summed E-state index contributed by atoms with van der Waals surface area (Å²) in [4.78, 5) is 51.9. The molecule has 0 saturated carbocycles. The van der Waals surface area contributed by atoms with Crippen LogP contribution >= 0.6 is 31.9 Å². The topological polar surface area (TPSA) is 127 Å². The summed E-state index contributed by atoms with van der Waals surface area (Å²) in [5, 5.41) is 8.34. The SMILES string of the molecule is CC(=O)Oc1c(Br)cc(C2=NN(C(C)=O)[C@H](/C(=C/c3ccc(N(C)C)cc3)NC(=O)c3ccccc3)O2)c(OC(C)=O)c1Br. The van der Waals surface area contributed by atoms with E-state index in [4.69, 9.17) is 14.2 Å². The van der Waals surface area contributed by atoms with Crippen LogP contribution in [0.4, 0.5) is 5.69 Å². The van der Waals surface area contributed by atoms with Gasteiger partial charge in [0, 0.05) is 46.1 Å². The van der Waals surface area contributed by atoms with E-state index < -0.39 is 30.0 Å². The molecule has 1 heterocycles. The van der Waals surface area contributed by atoms with Crippen LogP contribution in [-0.4, -0.2) is 55.0 Å². The average Bonchev–Trinajstić information content (AvgIpc) is 3.42. The summed E-state index contributed by atoms with van der Waals surface area (Å²) in [7, 11) is 3.85. The zero-order valence-corrected chi connectivity index (χ0v) is 27.6. The maximum atomic E-state index is 13.3. The van der Waals surface area contributed by atoms with Gasteiger partial charge in [0.15, 0.2) is 11.5 Å². The fourth-order valence-electron chi connectivity index (χ4n) is 4.11. The van der Waals surface area contributed by atoms with Gasteiger partial charge in [-0.1, -0.05) is 30.3 Å². The predicted molar refractivity (Wildman–Crippen MR) is 171 cm³/mol. The molecule has 0 spiro atoms.